The van der Waals surface area contributed by atoms with E-state index in [2.05, 4.69) is 4.98 Å². The van der Waals surface area contributed by atoms with Gasteiger partial charge in [-0.25, -0.2) is 4.98 Å². The molecule has 2 aliphatic rings. The number of aromatic amines is 1. The number of hydrogen-bond acceptors (Lipinski definition) is 4. The first kappa shape index (κ1) is 19.5. The molecule has 1 fully saturated rings. The number of nitrogens with one attached hydrogen (secondary N) is 2. The van der Waals surface area contributed by atoms with E-state index in [-0.39, 0.29) is 11.5 Å². The minimum absolute atomic E-state index is 0.0159. The van der Waals surface area contributed by atoms with E-state index >= 15 is 0 Å². The molecule has 2 N–H and O–H groups in total. The lowest BCUT2D eigenvalue weighted by atomic mass is 9.97. The predicted octanol–water partition coefficient (Wildman–Crippen LogP) is 1.71. The third-order valence-corrected chi connectivity index (χ3v) is 7.61. The molecule has 0 radical (unpaired) electrons. The number of carbonyl (C=O) groups excluding carboxylic acids is 1. The molecular weight excluding hydrogens is 396 g/mol. The first-order valence-corrected chi connectivity index (χ1v) is 11.6. The maximum Gasteiger partial charge on any atom is 0.260 e. The van der Waals surface area contributed by atoms with Crippen molar-refractivity contribution in [2.24, 2.45) is 0 Å². The molecule has 5 rings (SSSR count). The SMILES string of the molecule is Cc1ccccc1C(=O)N1CC[NH+](Cc2nc3sc4c(c3c(=O)[nH]2)CCCC4)CC1. The smallest absolute Gasteiger partial charge is 0.260 e. The molecule has 7 heteroatoms. The van der Waals surface area contributed by atoms with Crippen LogP contribution in [0.15, 0.2) is 29.1 Å². The van der Waals surface area contributed by atoms with Gasteiger partial charge in [0.2, 0.25) is 0 Å². The van der Waals surface area contributed by atoms with Gasteiger partial charge in [-0.15, -0.1) is 11.3 Å². The third-order valence-electron chi connectivity index (χ3n) is 6.42. The molecule has 1 aromatic carbocycles. The van der Waals surface area contributed by atoms with Crippen molar-refractivity contribution in [1.82, 2.24) is 14.9 Å². The molecule has 6 nitrogen and oxygen atoms in total. The maximum atomic E-state index is 12.8. The maximum absolute atomic E-state index is 12.8. The number of benzene rings is 1. The quantitative estimate of drug-likeness (QED) is 0.674. The highest BCUT2D eigenvalue weighted by molar-refractivity contribution is 7.18. The molecule has 3 aromatic rings. The van der Waals surface area contributed by atoms with Crippen LogP contribution in [0.4, 0.5) is 0 Å². The second-order valence-corrected chi connectivity index (χ2v) is 9.52. The van der Waals surface area contributed by atoms with E-state index in [4.69, 9.17) is 4.98 Å². The zero-order valence-corrected chi connectivity index (χ0v) is 18.1. The third kappa shape index (κ3) is 3.56. The number of quaternary nitrogens is 1. The van der Waals surface area contributed by atoms with Gasteiger partial charge in [0.1, 0.15) is 11.4 Å². The van der Waals surface area contributed by atoms with E-state index in [1.54, 1.807) is 11.3 Å². The number of thiophene rings is 1. The first-order chi connectivity index (χ1) is 14.6. The molecule has 0 spiro atoms. The molecule has 0 bridgehead atoms. The first-order valence-electron chi connectivity index (χ1n) is 10.8. The van der Waals surface area contributed by atoms with E-state index in [1.165, 1.54) is 21.8 Å². The Labute approximate surface area is 179 Å². The van der Waals surface area contributed by atoms with Crippen LogP contribution < -0.4 is 10.5 Å². The summed E-state index contributed by atoms with van der Waals surface area (Å²) in [5.41, 5.74) is 3.06. The number of aryl methyl sites for hydroxylation is 3. The normalized spacial score (nSPS) is 17.3. The van der Waals surface area contributed by atoms with E-state index in [0.717, 1.165) is 72.6 Å². The molecule has 0 unspecified atom stereocenters. The van der Waals surface area contributed by atoms with Crippen LogP contribution in [-0.2, 0) is 19.4 Å². The highest BCUT2D eigenvalue weighted by Crippen LogP contribution is 2.33. The average Bonchev–Trinajstić information content (AvgIpc) is 3.13. The standard InChI is InChI=1S/C23H26N4O2S/c1-15-6-2-3-7-16(15)23(29)27-12-10-26(11-13-27)14-19-24-21(28)20-17-8-4-5-9-18(17)30-22(20)25-19/h2-3,6-7H,4-5,8-14H2,1H3,(H,24,25,28)/p+1. The van der Waals surface area contributed by atoms with Crippen LogP contribution >= 0.6 is 11.3 Å². The number of rotatable bonds is 3. The number of hydrogen-bond donors (Lipinski definition) is 2. The van der Waals surface area contributed by atoms with Gasteiger partial charge < -0.3 is 14.8 Å². The molecule has 2 aromatic heterocycles. The number of amides is 1. The van der Waals surface area contributed by atoms with Gasteiger partial charge in [-0.2, -0.15) is 0 Å². The summed E-state index contributed by atoms with van der Waals surface area (Å²) in [6, 6.07) is 7.77. The lowest BCUT2D eigenvalue weighted by Crippen LogP contribution is -3.13. The monoisotopic (exact) mass is 423 g/mol. The highest BCUT2D eigenvalue weighted by atomic mass is 32.1. The van der Waals surface area contributed by atoms with E-state index in [9.17, 15) is 9.59 Å². The summed E-state index contributed by atoms with van der Waals surface area (Å²) in [5.74, 6) is 0.879. The molecule has 3 heterocycles. The second kappa shape index (κ2) is 7.96. The Morgan fingerprint density at radius 1 is 1.20 bits per heavy atom. The molecule has 0 saturated carbocycles. The van der Waals surface area contributed by atoms with Crippen molar-refractivity contribution in [3.63, 3.8) is 0 Å². The van der Waals surface area contributed by atoms with Crippen molar-refractivity contribution in [2.45, 2.75) is 39.2 Å². The molecule has 1 saturated heterocycles. The predicted molar refractivity (Wildman–Crippen MR) is 118 cm³/mol. The Balaban J connectivity index is 1.28. The van der Waals surface area contributed by atoms with Gasteiger partial charge >= 0.3 is 0 Å². The van der Waals surface area contributed by atoms with Crippen molar-refractivity contribution < 1.29 is 9.69 Å². The van der Waals surface area contributed by atoms with Gasteiger partial charge in [-0.05, 0) is 49.8 Å². The Hall–Kier alpha value is -2.51. The lowest BCUT2D eigenvalue weighted by Gasteiger charge is -2.32. The summed E-state index contributed by atoms with van der Waals surface area (Å²) in [6.07, 6.45) is 4.45. The minimum Gasteiger partial charge on any atom is -0.327 e. The summed E-state index contributed by atoms with van der Waals surface area (Å²) in [4.78, 5) is 39.0. The molecular formula is C23H27N4O2S+. The number of H-pyrrole nitrogens is 1. The van der Waals surface area contributed by atoms with Crippen LogP contribution in [0.3, 0.4) is 0 Å². The summed E-state index contributed by atoms with van der Waals surface area (Å²) >= 11 is 1.70. The van der Waals surface area contributed by atoms with Crippen molar-refractivity contribution in [1.29, 1.82) is 0 Å². The molecule has 0 atom stereocenters. The molecule has 1 aliphatic heterocycles. The van der Waals surface area contributed by atoms with Crippen molar-refractivity contribution in [2.75, 3.05) is 26.2 Å². The Morgan fingerprint density at radius 3 is 2.77 bits per heavy atom. The number of piperazine rings is 1. The zero-order chi connectivity index (χ0) is 20.7. The van der Waals surface area contributed by atoms with Crippen molar-refractivity contribution in [3.05, 3.63) is 62.0 Å². The average molecular weight is 424 g/mol. The second-order valence-electron chi connectivity index (χ2n) is 8.44. The van der Waals surface area contributed by atoms with Gasteiger partial charge in [0.15, 0.2) is 5.82 Å². The van der Waals surface area contributed by atoms with Gasteiger partial charge in [-0.3, -0.25) is 9.59 Å². The van der Waals surface area contributed by atoms with Crippen LogP contribution in [-0.4, -0.2) is 47.0 Å². The number of nitrogens with zero attached hydrogens (tertiary/aromatic N) is 2. The zero-order valence-electron chi connectivity index (χ0n) is 17.3. The summed E-state index contributed by atoms with van der Waals surface area (Å²) in [6.45, 7) is 5.85. The van der Waals surface area contributed by atoms with E-state index in [0.29, 0.717) is 6.54 Å². The highest BCUT2D eigenvalue weighted by Gasteiger charge is 2.26. The van der Waals surface area contributed by atoms with Crippen LogP contribution in [0.1, 0.15) is 45.0 Å². The lowest BCUT2D eigenvalue weighted by molar-refractivity contribution is -0.918. The molecule has 156 valence electrons. The van der Waals surface area contributed by atoms with E-state index < -0.39 is 0 Å². The van der Waals surface area contributed by atoms with Gasteiger partial charge in [0, 0.05) is 10.4 Å². The number of carbonyl (C=O) groups is 1. The summed E-state index contributed by atoms with van der Waals surface area (Å²) < 4.78 is 0. The number of aromatic nitrogens is 2. The Bertz CT molecular complexity index is 1160. The van der Waals surface area contributed by atoms with Crippen LogP contribution in [0.2, 0.25) is 0 Å². The summed E-state index contributed by atoms with van der Waals surface area (Å²) in [7, 11) is 0. The molecule has 1 aliphatic carbocycles. The minimum atomic E-state index is 0.0159. The van der Waals surface area contributed by atoms with Gasteiger partial charge in [-0.1, -0.05) is 18.2 Å². The fourth-order valence-corrected chi connectivity index (χ4v) is 6.00. The van der Waals surface area contributed by atoms with Crippen molar-refractivity contribution >= 4 is 27.5 Å². The van der Waals surface area contributed by atoms with E-state index in [1.807, 2.05) is 36.1 Å². The van der Waals surface area contributed by atoms with Crippen molar-refractivity contribution in [3.8, 4) is 0 Å². The Morgan fingerprint density at radius 2 is 1.97 bits per heavy atom. The Kier molecular flexibility index (Phi) is 5.16. The largest absolute Gasteiger partial charge is 0.327 e. The van der Waals surface area contributed by atoms with Crippen LogP contribution in [0, 0.1) is 6.92 Å². The fourth-order valence-electron chi connectivity index (χ4n) is 4.72. The number of fused-ring (bicyclic) bond motifs is 3. The van der Waals surface area contributed by atoms with Crippen LogP contribution in [0.5, 0.6) is 0 Å². The van der Waals surface area contributed by atoms with Gasteiger partial charge in [0.05, 0.1) is 31.6 Å². The van der Waals surface area contributed by atoms with Crippen LogP contribution in [0.25, 0.3) is 10.2 Å². The summed E-state index contributed by atoms with van der Waals surface area (Å²) in [5, 5.41) is 0.821. The van der Waals surface area contributed by atoms with Gasteiger partial charge in [0.25, 0.3) is 11.5 Å². The molecule has 30 heavy (non-hydrogen) atoms. The topological polar surface area (TPSA) is 70.5 Å². The molecule has 1 amide bonds. The fraction of sp³-hybridized carbons (Fsp3) is 0.435.